The predicted molar refractivity (Wildman–Crippen MR) is 81.6 cm³/mol. The molecule has 1 unspecified atom stereocenters. The normalized spacial score (nSPS) is 11.7. The van der Waals surface area contributed by atoms with E-state index in [-0.39, 0.29) is 16.8 Å². The number of anilines is 1. The molecule has 5 heteroatoms. The summed E-state index contributed by atoms with van der Waals surface area (Å²) in [4.78, 5) is 12.3. The van der Waals surface area contributed by atoms with Crippen LogP contribution in [0.4, 0.5) is 5.69 Å². The van der Waals surface area contributed by atoms with E-state index in [1.54, 1.807) is 25.3 Å². The Hall–Kier alpha value is -1.62. The smallest absolute Gasteiger partial charge is 0.227 e. The highest BCUT2D eigenvalue weighted by molar-refractivity contribution is 7.80. The Morgan fingerprint density at radius 1 is 1.53 bits per heavy atom. The first kappa shape index (κ1) is 15.4. The molecule has 0 aliphatic rings. The molecule has 0 saturated carbocycles. The van der Waals surface area contributed by atoms with Crippen molar-refractivity contribution in [3.8, 4) is 5.75 Å². The molecule has 1 aromatic carbocycles. The van der Waals surface area contributed by atoms with Crippen LogP contribution in [0.5, 0.6) is 5.75 Å². The van der Waals surface area contributed by atoms with Crippen LogP contribution in [0.15, 0.2) is 18.2 Å². The van der Waals surface area contributed by atoms with Crippen molar-refractivity contribution in [3.63, 3.8) is 0 Å². The molecule has 0 bridgehead atoms. The van der Waals surface area contributed by atoms with E-state index < -0.39 is 0 Å². The second-order valence-electron chi connectivity index (χ2n) is 4.43. The number of nitrogens with two attached hydrogens (primary N) is 1. The summed E-state index contributed by atoms with van der Waals surface area (Å²) in [7, 11) is 1.55. The fraction of sp³-hybridized carbons (Fsp3) is 0.429. The zero-order valence-electron chi connectivity index (χ0n) is 11.5. The van der Waals surface area contributed by atoms with Gasteiger partial charge in [0.25, 0.3) is 0 Å². The van der Waals surface area contributed by atoms with Crippen molar-refractivity contribution in [1.82, 2.24) is 0 Å². The van der Waals surface area contributed by atoms with Gasteiger partial charge in [-0.25, -0.2) is 0 Å². The number of thiocarbonyl (C=S) groups is 1. The lowest BCUT2D eigenvalue weighted by Crippen LogP contribution is -2.23. The lowest BCUT2D eigenvalue weighted by Gasteiger charge is -2.16. The highest BCUT2D eigenvalue weighted by Gasteiger charge is 2.17. The van der Waals surface area contributed by atoms with Crippen LogP contribution in [0.25, 0.3) is 0 Å². The van der Waals surface area contributed by atoms with Crippen molar-refractivity contribution in [3.05, 3.63) is 23.8 Å². The molecule has 0 aliphatic heterocycles. The van der Waals surface area contributed by atoms with E-state index in [0.717, 1.165) is 12.8 Å². The summed E-state index contributed by atoms with van der Waals surface area (Å²) in [5.74, 6) is 0.445. The average Bonchev–Trinajstić information content (AvgIpc) is 2.38. The van der Waals surface area contributed by atoms with Crippen LogP contribution >= 0.6 is 12.2 Å². The Morgan fingerprint density at radius 2 is 2.21 bits per heavy atom. The first-order valence-corrected chi connectivity index (χ1v) is 6.69. The van der Waals surface area contributed by atoms with Gasteiger partial charge >= 0.3 is 0 Å². The number of nitrogens with one attached hydrogen (secondary N) is 1. The average molecular weight is 280 g/mol. The third kappa shape index (κ3) is 3.92. The van der Waals surface area contributed by atoms with Crippen LogP contribution < -0.4 is 15.8 Å². The van der Waals surface area contributed by atoms with Crippen molar-refractivity contribution >= 4 is 28.8 Å². The van der Waals surface area contributed by atoms with Crippen LogP contribution in [0.2, 0.25) is 0 Å². The second kappa shape index (κ2) is 7.09. The van der Waals surface area contributed by atoms with E-state index in [4.69, 9.17) is 22.7 Å². The quantitative estimate of drug-likeness (QED) is 0.786. The minimum Gasteiger partial charge on any atom is -0.495 e. The van der Waals surface area contributed by atoms with Crippen molar-refractivity contribution < 1.29 is 9.53 Å². The molecule has 0 aromatic heterocycles. The zero-order chi connectivity index (χ0) is 14.4. The maximum absolute atomic E-state index is 12.1. The van der Waals surface area contributed by atoms with Gasteiger partial charge in [0.05, 0.1) is 12.8 Å². The maximum atomic E-state index is 12.1. The van der Waals surface area contributed by atoms with Crippen LogP contribution in [0.1, 0.15) is 32.3 Å². The number of carbonyl (C=O) groups excluding carboxylic acids is 1. The molecule has 4 nitrogen and oxygen atoms in total. The molecule has 19 heavy (non-hydrogen) atoms. The Morgan fingerprint density at radius 3 is 2.74 bits per heavy atom. The number of hydrogen-bond acceptors (Lipinski definition) is 3. The Balaban J connectivity index is 3.04. The van der Waals surface area contributed by atoms with E-state index in [0.29, 0.717) is 17.0 Å². The van der Waals surface area contributed by atoms with Crippen molar-refractivity contribution in [2.45, 2.75) is 26.7 Å². The van der Waals surface area contributed by atoms with E-state index in [9.17, 15) is 4.79 Å². The molecule has 0 radical (unpaired) electrons. The first-order valence-electron chi connectivity index (χ1n) is 6.28. The Bertz CT molecular complexity index is 475. The number of methoxy groups -OCH3 is 1. The molecular formula is C14H20N2O2S. The van der Waals surface area contributed by atoms with Gasteiger partial charge in [0.2, 0.25) is 5.91 Å². The summed E-state index contributed by atoms with van der Waals surface area (Å²) in [5.41, 5.74) is 6.84. The van der Waals surface area contributed by atoms with Gasteiger partial charge in [0.15, 0.2) is 0 Å². The van der Waals surface area contributed by atoms with E-state index in [1.807, 2.05) is 13.8 Å². The van der Waals surface area contributed by atoms with Gasteiger partial charge in [-0.05, 0) is 18.6 Å². The van der Waals surface area contributed by atoms with E-state index in [1.165, 1.54) is 0 Å². The van der Waals surface area contributed by atoms with Crippen LogP contribution in [-0.2, 0) is 4.79 Å². The second-order valence-corrected chi connectivity index (χ2v) is 4.87. The molecule has 0 fully saturated rings. The van der Waals surface area contributed by atoms with Gasteiger partial charge in [-0.1, -0.05) is 38.6 Å². The number of para-hydroxylation sites is 1. The zero-order valence-corrected chi connectivity index (χ0v) is 12.3. The SMILES string of the molecule is CCCC(C)C(=O)Nc1c(OC)cccc1C(N)=S. The summed E-state index contributed by atoms with van der Waals surface area (Å²) in [6, 6.07) is 5.32. The third-order valence-corrected chi connectivity index (χ3v) is 3.15. The Labute approximate surface area is 119 Å². The summed E-state index contributed by atoms with van der Waals surface area (Å²) < 4.78 is 5.25. The molecule has 1 rings (SSSR count). The first-order chi connectivity index (χ1) is 9.01. The van der Waals surface area contributed by atoms with Crippen LogP contribution in [0, 0.1) is 5.92 Å². The van der Waals surface area contributed by atoms with E-state index in [2.05, 4.69) is 5.32 Å². The molecule has 104 valence electrons. The van der Waals surface area contributed by atoms with E-state index >= 15 is 0 Å². The van der Waals surface area contributed by atoms with Gasteiger partial charge in [-0.2, -0.15) is 0 Å². The fourth-order valence-electron chi connectivity index (χ4n) is 1.85. The molecule has 1 atom stereocenters. The number of amides is 1. The molecule has 0 spiro atoms. The van der Waals surface area contributed by atoms with Crippen LogP contribution in [-0.4, -0.2) is 18.0 Å². The van der Waals surface area contributed by atoms with Crippen molar-refractivity contribution in [2.75, 3.05) is 12.4 Å². The number of carbonyl (C=O) groups is 1. The van der Waals surface area contributed by atoms with Crippen molar-refractivity contribution in [1.29, 1.82) is 0 Å². The van der Waals surface area contributed by atoms with Crippen molar-refractivity contribution in [2.24, 2.45) is 11.7 Å². The number of benzene rings is 1. The monoisotopic (exact) mass is 280 g/mol. The van der Waals surface area contributed by atoms with Gasteiger partial charge < -0.3 is 15.8 Å². The molecular weight excluding hydrogens is 260 g/mol. The van der Waals surface area contributed by atoms with Gasteiger partial charge in [-0.3, -0.25) is 4.79 Å². The molecule has 0 heterocycles. The Kier molecular flexibility index (Phi) is 5.76. The minimum atomic E-state index is -0.0610. The summed E-state index contributed by atoms with van der Waals surface area (Å²) in [6.07, 6.45) is 1.80. The number of hydrogen-bond donors (Lipinski definition) is 2. The number of ether oxygens (including phenoxy) is 1. The molecule has 3 N–H and O–H groups in total. The van der Waals surface area contributed by atoms with Gasteiger partial charge in [0.1, 0.15) is 10.7 Å². The van der Waals surface area contributed by atoms with Gasteiger partial charge in [0, 0.05) is 11.5 Å². The largest absolute Gasteiger partial charge is 0.495 e. The summed E-state index contributed by atoms with van der Waals surface area (Å²) in [5, 5.41) is 2.86. The molecule has 0 saturated heterocycles. The third-order valence-electron chi connectivity index (χ3n) is 2.93. The van der Waals surface area contributed by atoms with Gasteiger partial charge in [-0.15, -0.1) is 0 Å². The summed E-state index contributed by atoms with van der Waals surface area (Å²) >= 11 is 5.00. The minimum absolute atomic E-state index is 0.0520. The van der Waals surface area contributed by atoms with Crippen LogP contribution in [0.3, 0.4) is 0 Å². The highest BCUT2D eigenvalue weighted by Crippen LogP contribution is 2.29. The lowest BCUT2D eigenvalue weighted by atomic mass is 10.0. The molecule has 0 aliphatic carbocycles. The molecule has 1 amide bonds. The maximum Gasteiger partial charge on any atom is 0.227 e. The predicted octanol–water partition coefficient (Wildman–Crippen LogP) is 2.70. The molecule has 1 aromatic rings. The highest BCUT2D eigenvalue weighted by atomic mass is 32.1. The topological polar surface area (TPSA) is 64.3 Å². The lowest BCUT2D eigenvalue weighted by molar-refractivity contribution is -0.119. The standard InChI is InChI=1S/C14H20N2O2S/c1-4-6-9(2)14(17)16-12-10(13(15)19)7-5-8-11(12)18-3/h5,7-9H,4,6H2,1-3H3,(H2,15,19)(H,16,17). The summed E-state index contributed by atoms with van der Waals surface area (Å²) in [6.45, 7) is 3.95. The number of rotatable bonds is 6. The fourth-order valence-corrected chi connectivity index (χ4v) is 2.02.